The maximum absolute atomic E-state index is 13.2. The van der Waals surface area contributed by atoms with Crippen LogP contribution in [0.3, 0.4) is 0 Å². The molecule has 42 heavy (non-hydrogen) atoms. The van der Waals surface area contributed by atoms with Gasteiger partial charge in [0, 0.05) is 67.7 Å². The van der Waals surface area contributed by atoms with Crippen molar-refractivity contribution in [1.29, 1.82) is 0 Å². The van der Waals surface area contributed by atoms with Gasteiger partial charge in [-0.1, -0.05) is 6.07 Å². The molecule has 11 heteroatoms. The molecule has 5 aromatic rings. The van der Waals surface area contributed by atoms with Gasteiger partial charge in [0.25, 0.3) is 5.91 Å². The number of nitrogens with one attached hydrogen (secondary N) is 2. The SMILES string of the molecule is CN(C)CCN(C)c1ccc(C(=O)Nc2cccc(C(F)(F)F)c2)cc1Cc1nc(-c2cccnc2)c2[nH]ccc2n1. The largest absolute Gasteiger partial charge is 0.416 e. The van der Waals surface area contributed by atoms with Crippen molar-refractivity contribution >= 4 is 28.3 Å². The van der Waals surface area contributed by atoms with Crippen LogP contribution in [0.5, 0.6) is 0 Å². The van der Waals surface area contributed by atoms with E-state index in [1.807, 2.05) is 51.6 Å². The summed E-state index contributed by atoms with van der Waals surface area (Å²) in [6, 6.07) is 15.5. The number of halogens is 3. The van der Waals surface area contributed by atoms with Gasteiger partial charge in [-0.05, 0) is 74.3 Å². The fourth-order valence-electron chi connectivity index (χ4n) is 4.64. The Labute approximate surface area is 241 Å². The molecule has 3 aromatic heterocycles. The number of alkyl halides is 3. The van der Waals surface area contributed by atoms with Crippen LogP contribution < -0.4 is 10.2 Å². The van der Waals surface area contributed by atoms with Gasteiger partial charge in [-0.3, -0.25) is 9.78 Å². The predicted molar refractivity (Wildman–Crippen MR) is 158 cm³/mol. The Morgan fingerprint density at radius 2 is 1.81 bits per heavy atom. The molecule has 0 fully saturated rings. The van der Waals surface area contributed by atoms with E-state index in [0.29, 0.717) is 23.5 Å². The lowest BCUT2D eigenvalue weighted by molar-refractivity contribution is -0.137. The first-order valence-electron chi connectivity index (χ1n) is 13.3. The molecule has 5 rings (SSSR count). The number of benzene rings is 2. The summed E-state index contributed by atoms with van der Waals surface area (Å²) in [6.07, 6.45) is 1.06. The van der Waals surface area contributed by atoms with E-state index in [2.05, 4.69) is 25.1 Å². The Bertz CT molecular complexity index is 1700. The molecule has 0 spiro atoms. The van der Waals surface area contributed by atoms with E-state index >= 15 is 0 Å². The molecule has 216 valence electrons. The zero-order chi connectivity index (χ0) is 29.9. The highest BCUT2D eigenvalue weighted by Gasteiger charge is 2.30. The standard InChI is InChI=1S/C31H30F3N7O/c1-40(2)14-15-41(3)26-10-9-20(30(42)37-24-8-4-7-23(18-24)31(32,33)34)16-22(26)17-27-38-25-11-13-36-29(25)28(39-27)21-6-5-12-35-19-21/h4-13,16,18-19,36H,14-15,17H2,1-3H3,(H,37,42). The van der Waals surface area contributed by atoms with Gasteiger partial charge in [-0.25, -0.2) is 9.97 Å². The summed E-state index contributed by atoms with van der Waals surface area (Å²) in [7, 11) is 5.97. The van der Waals surface area contributed by atoms with Crippen molar-refractivity contribution in [3.63, 3.8) is 0 Å². The third kappa shape index (κ3) is 6.58. The minimum atomic E-state index is -4.51. The van der Waals surface area contributed by atoms with Gasteiger partial charge in [0.15, 0.2) is 0 Å². The van der Waals surface area contributed by atoms with E-state index in [4.69, 9.17) is 9.97 Å². The molecule has 8 nitrogen and oxygen atoms in total. The van der Waals surface area contributed by atoms with Gasteiger partial charge in [0.2, 0.25) is 0 Å². The molecule has 1 amide bonds. The number of hydrogen-bond donors (Lipinski definition) is 2. The third-order valence-electron chi connectivity index (χ3n) is 6.82. The number of carbonyl (C=O) groups excluding carboxylic acids is 1. The Hall–Kier alpha value is -4.77. The average molecular weight is 574 g/mol. The first-order valence-corrected chi connectivity index (χ1v) is 13.3. The molecule has 0 aliphatic heterocycles. The molecule has 0 bridgehead atoms. The molecule has 2 N–H and O–H groups in total. The first-order chi connectivity index (χ1) is 20.1. The smallest absolute Gasteiger partial charge is 0.373 e. The second-order valence-electron chi connectivity index (χ2n) is 10.2. The summed E-state index contributed by atoms with van der Waals surface area (Å²) < 4.78 is 39.6. The van der Waals surface area contributed by atoms with Crippen molar-refractivity contribution < 1.29 is 18.0 Å². The highest BCUT2D eigenvalue weighted by Crippen LogP contribution is 2.31. The Morgan fingerprint density at radius 1 is 0.976 bits per heavy atom. The Balaban J connectivity index is 1.51. The number of fused-ring (bicyclic) bond motifs is 1. The first kappa shape index (κ1) is 28.7. The average Bonchev–Trinajstić information content (AvgIpc) is 3.44. The van der Waals surface area contributed by atoms with E-state index in [-0.39, 0.29) is 5.69 Å². The lowest BCUT2D eigenvalue weighted by atomic mass is 10.0. The van der Waals surface area contributed by atoms with Crippen molar-refractivity contribution in [2.24, 2.45) is 0 Å². The second-order valence-corrected chi connectivity index (χ2v) is 10.2. The van der Waals surface area contributed by atoms with E-state index in [1.165, 1.54) is 12.1 Å². The number of H-pyrrole nitrogens is 1. The molecule has 0 aliphatic rings. The maximum atomic E-state index is 13.2. The monoisotopic (exact) mass is 573 g/mol. The number of amides is 1. The van der Waals surface area contributed by atoms with E-state index in [0.717, 1.165) is 53.1 Å². The van der Waals surface area contributed by atoms with Gasteiger partial charge in [-0.2, -0.15) is 13.2 Å². The fraction of sp³-hybridized carbons (Fsp3) is 0.226. The van der Waals surface area contributed by atoms with E-state index in [9.17, 15) is 18.0 Å². The molecule has 0 saturated carbocycles. The summed E-state index contributed by atoms with van der Waals surface area (Å²) in [5.41, 5.74) is 4.34. The van der Waals surface area contributed by atoms with Gasteiger partial charge in [-0.15, -0.1) is 0 Å². The number of likely N-dealkylation sites (N-methyl/N-ethyl adjacent to an activating group) is 2. The van der Waals surface area contributed by atoms with Crippen LogP contribution in [-0.4, -0.2) is 65.0 Å². The predicted octanol–water partition coefficient (Wildman–Crippen LogP) is 5.88. The molecule has 0 aliphatic carbocycles. The van der Waals surface area contributed by atoms with Crippen molar-refractivity contribution in [3.8, 4) is 11.3 Å². The van der Waals surface area contributed by atoms with Crippen molar-refractivity contribution in [2.75, 3.05) is 44.4 Å². The number of carbonyl (C=O) groups is 1. The number of pyridine rings is 1. The molecule has 0 atom stereocenters. The number of anilines is 2. The van der Waals surface area contributed by atoms with E-state index in [1.54, 1.807) is 24.5 Å². The summed E-state index contributed by atoms with van der Waals surface area (Å²) >= 11 is 0. The Morgan fingerprint density at radius 3 is 2.55 bits per heavy atom. The molecular weight excluding hydrogens is 543 g/mol. The minimum Gasteiger partial charge on any atom is -0.373 e. The summed E-state index contributed by atoms with van der Waals surface area (Å²) in [5, 5.41) is 2.60. The van der Waals surface area contributed by atoms with Gasteiger partial charge in [0.05, 0.1) is 22.3 Å². The second kappa shape index (κ2) is 12.0. The quantitative estimate of drug-likeness (QED) is 0.229. The van der Waals surface area contributed by atoms with Crippen molar-refractivity contribution in [2.45, 2.75) is 12.6 Å². The minimum absolute atomic E-state index is 0.0610. The molecule has 0 radical (unpaired) electrons. The van der Waals surface area contributed by atoms with E-state index < -0.39 is 17.6 Å². The van der Waals surface area contributed by atoms with Crippen LogP contribution in [0.25, 0.3) is 22.3 Å². The highest BCUT2D eigenvalue weighted by molar-refractivity contribution is 6.04. The molecule has 0 unspecified atom stereocenters. The van der Waals surface area contributed by atoms with Gasteiger partial charge < -0.3 is 20.1 Å². The number of rotatable bonds is 9. The van der Waals surface area contributed by atoms with Crippen molar-refractivity contribution in [1.82, 2.24) is 24.8 Å². The van der Waals surface area contributed by atoms with Crippen LogP contribution in [-0.2, 0) is 12.6 Å². The fourth-order valence-corrected chi connectivity index (χ4v) is 4.64. The summed E-state index contributed by atoms with van der Waals surface area (Å²) in [6.45, 7) is 1.54. The maximum Gasteiger partial charge on any atom is 0.416 e. The molecular formula is C31H30F3N7O. The van der Waals surface area contributed by atoms with Gasteiger partial charge in [0.1, 0.15) is 5.82 Å². The number of aromatic nitrogens is 4. The number of aromatic amines is 1. The topological polar surface area (TPSA) is 90.0 Å². The van der Waals surface area contributed by atoms with Crippen LogP contribution in [0, 0.1) is 0 Å². The molecule has 0 saturated heterocycles. The lowest BCUT2D eigenvalue weighted by Crippen LogP contribution is -2.29. The van der Waals surface area contributed by atoms with Crippen LogP contribution in [0.4, 0.5) is 24.5 Å². The van der Waals surface area contributed by atoms with Gasteiger partial charge >= 0.3 is 6.18 Å². The van der Waals surface area contributed by atoms with Crippen LogP contribution in [0.1, 0.15) is 27.3 Å². The summed E-state index contributed by atoms with van der Waals surface area (Å²) in [4.78, 5) is 34.5. The number of hydrogen-bond acceptors (Lipinski definition) is 6. The Kier molecular flexibility index (Phi) is 8.21. The van der Waals surface area contributed by atoms with Crippen LogP contribution >= 0.6 is 0 Å². The zero-order valence-electron chi connectivity index (χ0n) is 23.4. The third-order valence-corrected chi connectivity index (χ3v) is 6.82. The zero-order valence-corrected chi connectivity index (χ0v) is 23.4. The van der Waals surface area contributed by atoms with Crippen molar-refractivity contribution in [3.05, 3.63) is 102 Å². The lowest BCUT2D eigenvalue weighted by Gasteiger charge is -2.24. The number of nitrogens with zero attached hydrogens (tertiary/aromatic N) is 5. The van der Waals surface area contributed by atoms with Crippen LogP contribution in [0.2, 0.25) is 0 Å². The normalized spacial score (nSPS) is 11.7. The summed E-state index contributed by atoms with van der Waals surface area (Å²) in [5.74, 6) is 0.0368. The molecule has 3 heterocycles. The highest BCUT2D eigenvalue weighted by atomic mass is 19.4. The molecule has 2 aromatic carbocycles. The van der Waals surface area contributed by atoms with Crippen LogP contribution in [0.15, 0.2) is 79.3 Å².